The van der Waals surface area contributed by atoms with Gasteiger partial charge in [0.25, 0.3) is 0 Å². The molecule has 0 saturated carbocycles. The van der Waals surface area contributed by atoms with Crippen LogP contribution >= 0.6 is 0 Å². The van der Waals surface area contributed by atoms with Crippen LogP contribution in [-0.2, 0) is 4.74 Å². The molecule has 0 aromatic carbocycles. The molecule has 13 heavy (non-hydrogen) atoms. The van der Waals surface area contributed by atoms with Crippen molar-refractivity contribution in [1.29, 1.82) is 0 Å². The van der Waals surface area contributed by atoms with Crippen LogP contribution in [0.1, 0.15) is 34.1 Å². The molecule has 80 valence electrons. The van der Waals surface area contributed by atoms with Crippen molar-refractivity contribution in [3.8, 4) is 0 Å². The van der Waals surface area contributed by atoms with Gasteiger partial charge in [0.2, 0.25) is 0 Å². The molecule has 0 radical (unpaired) electrons. The smallest absolute Gasteiger partial charge is 0.0477 e. The lowest BCUT2D eigenvalue weighted by Gasteiger charge is -2.41. The average molecular weight is 187 g/mol. The summed E-state index contributed by atoms with van der Waals surface area (Å²) in [5, 5.41) is 0. The van der Waals surface area contributed by atoms with E-state index in [1.807, 2.05) is 13.8 Å². The molecule has 0 aliphatic carbocycles. The summed E-state index contributed by atoms with van der Waals surface area (Å²) < 4.78 is 5.03. The first-order chi connectivity index (χ1) is 6.24. The van der Waals surface area contributed by atoms with E-state index < -0.39 is 0 Å². The highest BCUT2D eigenvalue weighted by molar-refractivity contribution is 4.80. The van der Waals surface area contributed by atoms with Crippen molar-refractivity contribution >= 4 is 0 Å². The highest BCUT2D eigenvalue weighted by atomic mass is 16.5. The van der Waals surface area contributed by atoms with Crippen LogP contribution in [0.25, 0.3) is 0 Å². The molecule has 1 aliphatic heterocycles. The Kier molecular flexibility index (Phi) is 7.29. The Balaban J connectivity index is 0.000000671. The lowest BCUT2D eigenvalue weighted by molar-refractivity contribution is 0.0519. The zero-order valence-electron chi connectivity index (χ0n) is 9.84. The van der Waals surface area contributed by atoms with Gasteiger partial charge in [-0.05, 0) is 19.3 Å². The van der Waals surface area contributed by atoms with Crippen LogP contribution < -0.4 is 0 Å². The van der Waals surface area contributed by atoms with E-state index in [1.165, 1.54) is 19.5 Å². The van der Waals surface area contributed by atoms with Gasteiger partial charge in [-0.1, -0.05) is 20.8 Å². The summed E-state index contributed by atoms with van der Waals surface area (Å²) in [7, 11) is 1.77. The van der Waals surface area contributed by atoms with Gasteiger partial charge < -0.3 is 4.74 Å². The van der Waals surface area contributed by atoms with Gasteiger partial charge in [-0.3, -0.25) is 4.90 Å². The zero-order valence-corrected chi connectivity index (χ0v) is 9.84. The molecule has 0 N–H and O–H groups in total. The Labute approximate surface area is 83.3 Å². The molecule has 1 rings (SSSR count). The maximum absolute atomic E-state index is 5.03. The molecule has 1 heterocycles. The fraction of sp³-hybridized carbons (Fsp3) is 1.00. The molecular formula is C11H25NO. The molecule has 0 amide bonds. The summed E-state index contributed by atoms with van der Waals surface area (Å²) in [6.45, 7) is 12.0. The zero-order chi connectivity index (χ0) is 10.3. The normalized spacial score (nSPS) is 20.1. The Bertz CT molecular complexity index is 111. The molecule has 1 unspecified atom stereocenters. The predicted octanol–water partition coefficient (Wildman–Crippen LogP) is 2.39. The number of hydrogen-bond acceptors (Lipinski definition) is 2. The number of methoxy groups -OCH3 is 1. The number of likely N-dealkylation sites (tertiary alicyclic amines) is 1. The minimum atomic E-state index is 0.714. The third-order valence-electron chi connectivity index (χ3n) is 2.46. The van der Waals surface area contributed by atoms with Gasteiger partial charge in [0, 0.05) is 32.8 Å². The van der Waals surface area contributed by atoms with Crippen molar-refractivity contribution < 1.29 is 4.74 Å². The molecule has 0 spiro atoms. The topological polar surface area (TPSA) is 12.5 Å². The molecule has 1 saturated heterocycles. The first-order valence-corrected chi connectivity index (χ1v) is 5.47. The SMILES string of the molecule is CC.COCCC(C)N1CC(C)C1. The molecular weight excluding hydrogens is 162 g/mol. The fourth-order valence-electron chi connectivity index (χ4n) is 1.58. The van der Waals surface area contributed by atoms with Crippen molar-refractivity contribution in [3.05, 3.63) is 0 Å². The Hall–Kier alpha value is -0.0800. The van der Waals surface area contributed by atoms with Crippen LogP contribution in [0.3, 0.4) is 0 Å². The lowest BCUT2D eigenvalue weighted by atomic mass is 9.99. The molecule has 1 fully saturated rings. The fourth-order valence-corrected chi connectivity index (χ4v) is 1.58. The van der Waals surface area contributed by atoms with E-state index in [0.717, 1.165) is 12.5 Å². The highest BCUT2D eigenvalue weighted by Crippen LogP contribution is 2.18. The predicted molar refractivity (Wildman–Crippen MR) is 58.0 cm³/mol. The lowest BCUT2D eigenvalue weighted by Crippen LogP contribution is -2.50. The van der Waals surface area contributed by atoms with E-state index in [2.05, 4.69) is 18.7 Å². The van der Waals surface area contributed by atoms with E-state index in [-0.39, 0.29) is 0 Å². The molecule has 0 bridgehead atoms. The molecule has 0 aromatic heterocycles. The summed E-state index contributed by atoms with van der Waals surface area (Å²) in [4.78, 5) is 2.52. The van der Waals surface area contributed by atoms with Crippen molar-refractivity contribution in [3.63, 3.8) is 0 Å². The second kappa shape index (κ2) is 7.34. The molecule has 2 nitrogen and oxygen atoms in total. The number of nitrogens with zero attached hydrogens (tertiary/aromatic N) is 1. The summed E-state index contributed by atoms with van der Waals surface area (Å²) in [5.41, 5.74) is 0. The van der Waals surface area contributed by atoms with Gasteiger partial charge in [-0.15, -0.1) is 0 Å². The second-order valence-corrected chi connectivity index (χ2v) is 3.69. The quantitative estimate of drug-likeness (QED) is 0.670. The van der Waals surface area contributed by atoms with Gasteiger partial charge in [0.15, 0.2) is 0 Å². The van der Waals surface area contributed by atoms with E-state index in [0.29, 0.717) is 6.04 Å². The maximum Gasteiger partial charge on any atom is 0.0477 e. The van der Waals surface area contributed by atoms with Crippen LogP contribution in [0.4, 0.5) is 0 Å². The number of ether oxygens (including phenoxy) is 1. The van der Waals surface area contributed by atoms with Crippen molar-refractivity contribution in [2.24, 2.45) is 5.92 Å². The van der Waals surface area contributed by atoms with Crippen LogP contribution in [0.15, 0.2) is 0 Å². The van der Waals surface area contributed by atoms with Crippen LogP contribution in [0.5, 0.6) is 0 Å². The van der Waals surface area contributed by atoms with E-state index in [1.54, 1.807) is 7.11 Å². The Morgan fingerprint density at radius 2 is 1.92 bits per heavy atom. The average Bonchev–Trinajstić information content (AvgIpc) is 2.12. The minimum absolute atomic E-state index is 0.714. The Morgan fingerprint density at radius 3 is 2.31 bits per heavy atom. The summed E-state index contributed by atoms with van der Waals surface area (Å²) in [6, 6.07) is 0.714. The van der Waals surface area contributed by atoms with Crippen molar-refractivity contribution in [1.82, 2.24) is 4.90 Å². The monoisotopic (exact) mass is 187 g/mol. The summed E-state index contributed by atoms with van der Waals surface area (Å²) >= 11 is 0. The standard InChI is InChI=1S/C9H19NO.C2H6/c1-8-6-10(7-8)9(2)4-5-11-3;1-2/h8-9H,4-7H2,1-3H3;1-2H3. The third kappa shape index (κ3) is 4.63. The van der Waals surface area contributed by atoms with Gasteiger partial charge >= 0.3 is 0 Å². The Morgan fingerprint density at radius 1 is 1.38 bits per heavy atom. The molecule has 2 heteroatoms. The highest BCUT2D eigenvalue weighted by Gasteiger charge is 2.25. The molecule has 1 atom stereocenters. The minimum Gasteiger partial charge on any atom is -0.385 e. The molecule has 0 aromatic rings. The van der Waals surface area contributed by atoms with Crippen molar-refractivity contribution in [2.75, 3.05) is 26.8 Å². The first-order valence-electron chi connectivity index (χ1n) is 5.47. The van der Waals surface area contributed by atoms with E-state index in [9.17, 15) is 0 Å². The number of rotatable bonds is 4. The van der Waals surface area contributed by atoms with Crippen LogP contribution in [-0.4, -0.2) is 37.7 Å². The first kappa shape index (κ1) is 12.9. The maximum atomic E-state index is 5.03. The van der Waals surface area contributed by atoms with Gasteiger partial charge in [-0.2, -0.15) is 0 Å². The van der Waals surface area contributed by atoms with Gasteiger partial charge in [0.1, 0.15) is 0 Å². The largest absolute Gasteiger partial charge is 0.385 e. The summed E-state index contributed by atoms with van der Waals surface area (Å²) in [5.74, 6) is 0.917. The second-order valence-electron chi connectivity index (χ2n) is 3.69. The van der Waals surface area contributed by atoms with Gasteiger partial charge in [0.05, 0.1) is 0 Å². The van der Waals surface area contributed by atoms with Crippen LogP contribution in [0, 0.1) is 5.92 Å². The van der Waals surface area contributed by atoms with E-state index in [4.69, 9.17) is 4.74 Å². The van der Waals surface area contributed by atoms with Crippen LogP contribution in [0.2, 0.25) is 0 Å². The third-order valence-corrected chi connectivity index (χ3v) is 2.46. The van der Waals surface area contributed by atoms with Crippen molar-refractivity contribution in [2.45, 2.75) is 40.2 Å². The number of hydrogen-bond donors (Lipinski definition) is 0. The summed E-state index contributed by atoms with van der Waals surface area (Å²) in [6.07, 6.45) is 1.17. The molecule has 1 aliphatic rings. The van der Waals surface area contributed by atoms with E-state index >= 15 is 0 Å². The van der Waals surface area contributed by atoms with Gasteiger partial charge in [-0.25, -0.2) is 0 Å².